The third kappa shape index (κ3) is 4.86. The summed E-state index contributed by atoms with van der Waals surface area (Å²) in [7, 11) is 0. The Balaban J connectivity index is 2.29. The molecule has 96 valence electrons. The number of unbranched alkanes of at least 4 members (excludes halogenated alkanes) is 1. The van der Waals surface area contributed by atoms with Gasteiger partial charge in [0.25, 0.3) is 0 Å². The SMILES string of the molecule is CCCCC(CC)CC(C)(O)CC1CCC1. The molecule has 0 aromatic heterocycles. The number of rotatable bonds is 8. The summed E-state index contributed by atoms with van der Waals surface area (Å²) >= 11 is 0. The van der Waals surface area contributed by atoms with Crippen LogP contribution >= 0.6 is 0 Å². The van der Waals surface area contributed by atoms with Crippen molar-refractivity contribution in [1.29, 1.82) is 0 Å². The van der Waals surface area contributed by atoms with Gasteiger partial charge in [0.05, 0.1) is 5.60 Å². The average molecular weight is 226 g/mol. The van der Waals surface area contributed by atoms with Crippen molar-refractivity contribution in [1.82, 2.24) is 0 Å². The molecule has 0 radical (unpaired) electrons. The zero-order valence-electron chi connectivity index (χ0n) is 11.5. The van der Waals surface area contributed by atoms with Crippen molar-refractivity contribution in [3.8, 4) is 0 Å². The van der Waals surface area contributed by atoms with E-state index in [0.29, 0.717) is 0 Å². The normalized spacial score (nSPS) is 22.5. The lowest BCUT2D eigenvalue weighted by Gasteiger charge is -2.35. The summed E-state index contributed by atoms with van der Waals surface area (Å²) in [5.41, 5.74) is -0.403. The molecule has 2 unspecified atom stereocenters. The molecule has 0 aliphatic heterocycles. The fourth-order valence-electron chi connectivity index (χ4n) is 2.97. The Bertz CT molecular complexity index is 182. The molecule has 0 spiro atoms. The molecule has 1 rings (SSSR count). The Morgan fingerprint density at radius 1 is 1.31 bits per heavy atom. The van der Waals surface area contributed by atoms with Crippen molar-refractivity contribution in [2.24, 2.45) is 11.8 Å². The van der Waals surface area contributed by atoms with E-state index in [2.05, 4.69) is 20.8 Å². The van der Waals surface area contributed by atoms with Gasteiger partial charge in [0, 0.05) is 0 Å². The minimum Gasteiger partial charge on any atom is -0.390 e. The first-order valence-corrected chi connectivity index (χ1v) is 7.29. The molecule has 1 aliphatic carbocycles. The second-order valence-corrected chi connectivity index (χ2v) is 6.12. The molecular formula is C15H30O. The molecule has 0 saturated heterocycles. The smallest absolute Gasteiger partial charge is 0.0625 e. The van der Waals surface area contributed by atoms with Crippen LogP contribution in [-0.4, -0.2) is 10.7 Å². The number of hydrogen-bond donors (Lipinski definition) is 1. The maximum absolute atomic E-state index is 10.5. The van der Waals surface area contributed by atoms with Gasteiger partial charge in [-0.2, -0.15) is 0 Å². The van der Waals surface area contributed by atoms with E-state index < -0.39 is 5.60 Å². The van der Waals surface area contributed by atoms with Crippen molar-refractivity contribution in [2.75, 3.05) is 0 Å². The van der Waals surface area contributed by atoms with E-state index in [4.69, 9.17) is 0 Å². The molecule has 1 aliphatic rings. The van der Waals surface area contributed by atoms with Crippen LogP contribution in [0.5, 0.6) is 0 Å². The summed E-state index contributed by atoms with van der Waals surface area (Å²) in [6.45, 7) is 6.57. The maximum Gasteiger partial charge on any atom is 0.0625 e. The van der Waals surface area contributed by atoms with E-state index >= 15 is 0 Å². The van der Waals surface area contributed by atoms with Crippen LogP contribution in [0.2, 0.25) is 0 Å². The van der Waals surface area contributed by atoms with Crippen LogP contribution < -0.4 is 0 Å². The zero-order chi connectivity index (χ0) is 12.0. The highest BCUT2D eigenvalue weighted by Gasteiger charge is 2.30. The van der Waals surface area contributed by atoms with Crippen molar-refractivity contribution >= 4 is 0 Å². The number of aliphatic hydroxyl groups is 1. The van der Waals surface area contributed by atoms with Crippen LogP contribution in [0.15, 0.2) is 0 Å². The second-order valence-electron chi connectivity index (χ2n) is 6.12. The van der Waals surface area contributed by atoms with E-state index in [-0.39, 0.29) is 0 Å². The highest BCUT2D eigenvalue weighted by atomic mass is 16.3. The molecule has 1 N–H and O–H groups in total. The van der Waals surface area contributed by atoms with Crippen LogP contribution in [0, 0.1) is 11.8 Å². The van der Waals surface area contributed by atoms with Gasteiger partial charge >= 0.3 is 0 Å². The standard InChI is InChI=1S/C15H30O/c1-4-6-8-13(5-2)11-15(3,16)12-14-9-7-10-14/h13-14,16H,4-12H2,1-3H3. The fraction of sp³-hybridized carbons (Fsp3) is 1.00. The van der Waals surface area contributed by atoms with Crippen LogP contribution in [-0.2, 0) is 0 Å². The Morgan fingerprint density at radius 3 is 2.44 bits per heavy atom. The van der Waals surface area contributed by atoms with Crippen molar-refractivity contribution in [2.45, 2.75) is 84.2 Å². The minimum absolute atomic E-state index is 0.403. The molecule has 0 amide bonds. The Kier molecular flexibility index (Phi) is 5.82. The summed E-state index contributed by atoms with van der Waals surface area (Å²) < 4.78 is 0. The highest BCUT2D eigenvalue weighted by molar-refractivity contribution is 4.83. The Morgan fingerprint density at radius 2 is 2.00 bits per heavy atom. The summed E-state index contributed by atoms with van der Waals surface area (Å²) in [6, 6.07) is 0. The second kappa shape index (κ2) is 6.64. The van der Waals surface area contributed by atoms with E-state index in [1.807, 2.05) is 0 Å². The van der Waals surface area contributed by atoms with E-state index in [9.17, 15) is 5.11 Å². The van der Waals surface area contributed by atoms with Gasteiger partial charge in [-0.05, 0) is 31.6 Å². The molecule has 1 heteroatoms. The quantitative estimate of drug-likeness (QED) is 0.644. The predicted octanol–water partition coefficient (Wildman–Crippen LogP) is 4.53. The third-order valence-electron chi connectivity index (χ3n) is 4.22. The molecule has 2 atom stereocenters. The molecular weight excluding hydrogens is 196 g/mol. The molecule has 1 saturated carbocycles. The first-order chi connectivity index (χ1) is 7.57. The average Bonchev–Trinajstić information content (AvgIpc) is 2.18. The molecule has 0 heterocycles. The highest BCUT2D eigenvalue weighted by Crippen LogP contribution is 2.37. The van der Waals surface area contributed by atoms with Gasteiger partial charge in [-0.3, -0.25) is 0 Å². The first-order valence-electron chi connectivity index (χ1n) is 7.29. The van der Waals surface area contributed by atoms with Gasteiger partial charge in [0.15, 0.2) is 0 Å². The van der Waals surface area contributed by atoms with Crippen molar-refractivity contribution < 1.29 is 5.11 Å². The van der Waals surface area contributed by atoms with Crippen LogP contribution in [0.25, 0.3) is 0 Å². The topological polar surface area (TPSA) is 20.2 Å². The summed E-state index contributed by atoms with van der Waals surface area (Å²) in [4.78, 5) is 0. The van der Waals surface area contributed by atoms with E-state index in [1.165, 1.54) is 44.9 Å². The molecule has 0 aromatic rings. The summed E-state index contributed by atoms with van der Waals surface area (Å²) in [6.07, 6.45) is 11.3. The monoisotopic (exact) mass is 226 g/mol. The first kappa shape index (κ1) is 14.0. The van der Waals surface area contributed by atoms with Crippen molar-refractivity contribution in [3.05, 3.63) is 0 Å². The summed E-state index contributed by atoms with van der Waals surface area (Å²) in [5.74, 6) is 1.55. The van der Waals surface area contributed by atoms with E-state index in [0.717, 1.165) is 24.7 Å². The lowest BCUT2D eigenvalue weighted by molar-refractivity contribution is -0.00305. The minimum atomic E-state index is -0.403. The molecule has 1 fully saturated rings. The van der Waals surface area contributed by atoms with Gasteiger partial charge in [0.1, 0.15) is 0 Å². The predicted molar refractivity (Wildman–Crippen MR) is 70.5 cm³/mol. The van der Waals surface area contributed by atoms with Gasteiger partial charge in [-0.1, -0.05) is 58.8 Å². The fourth-order valence-corrected chi connectivity index (χ4v) is 2.97. The van der Waals surface area contributed by atoms with Crippen LogP contribution in [0.4, 0.5) is 0 Å². The molecule has 16 heavy (non-hydrogen) atoms. The van der Waals surface area contributed by atoms with Gasteiger partial charge in [0.2, 0.25) is 0 Å². The van der Waals surface area contributed by atoms with Crippen LogP contribution in [0.1, 0.15) is 78.6 Å². The molecule has 0 aromatic carbocycles. The number of hydrogen-bond acceptors (Lipinski definition) is 1. The van der Waals surface area contributed by atoms with E-state index in [1.54, 1.807) is 0 Å². The Labute approximate surface area is 102 Å². The third-order valence-corrected chi connectivity index (χ3v) is 4.22. The van der Waals surface area contributed by atoms with Crippen LogP contribution in [0.3, 0.4) is 0 Å². The largest absolute Gasteiger partial charge is 0.390 e. The van der Waals surface area contributed by atoms with Gasteiger partial charge in [-0.25, -0.2) is 0 Å². The zero-order valence-corrected chi connectivity index (χ0v) is 11.5. The molecule has 0 bridgehead atoms. The van der Waals surface area contributed by atoms with Gasteiger partial charge < -0.3 is 5.11 Å². The van der Waals surface area contributed by atoms with Crippen molar-refractivity contribution in [3.63, 3.8) is 0 Å². The van der Waals surface area contributed by atoms with Gasteiger partial charge in [-0.15, -0.1) is 0 Å². The lowest BCUT2D eigenvalue weighted by atomic mass is 9.74. The summed E-state index contributed by atoms with van der Waals surface area (Å²) in [5, 5.41) is 10.5. The Hall–Kier alpha value is -0.0400. The maximum atomic E-state index is 10.5. The lowest BCUT2D eigenvalue weighted by Crippen LogP contribution is -2.32. The molecule has 1 nitrogen and oxygen atoms in total.